The summed E-state index contributed by atoms with van der Waals surface area (Å²) < 4.78 is 3.58. The first-order valence-electron chi connectivity index (χ1n) is 12.7. The average Bonchev–Trinajstić information content (AvgIpc) is 3.52. The molecule has 3 aromatic rings. The third-order valence-electron chi connectivity index (χ3n) is 7.58. The number of unbranched alkanes of at least 4 members (excludes halogenated alkanes) is 1. The molecule has 0 spiro atoms. The molecule has 1 saturated carbocycles. The van der Waals surface area contributed by atoms with Gasteiger partial charge in [0.2, 0.25) is 5.82 Å². The van der Waals surface area contributed by atoms with Gasteiger partial charge in [0.15, 0.2) is 5.78 Å². The Bertz CT molecular complexity index is 1330. The van der Waals surface area contributed by atoms with E-state index in [1.54, 1.807) is 4.57 Å². The fourth-order valence-corrected chi connectivity index (χ4v) is 5.37. The number of hydrogen-bond donors (Lipinski definition) is 2. The van der Waals surface area contributed by atoms with Gasteiger partial charge >= 0.3 is 5.69 Å². The molecular formula is C27H33N7O2. The lowest BCUT2D eigenvalue weighted by atomic mass is 9.71. The lowest BCUT2D eigenvalue weighted by molar-refractivity contribution is -0.134. The van der Waals surface area contributed by atoms with Crippen molar-refractivity contribution in [1.29, 1.82) is 0 Å². The van der Waals surface area contributed by atoms with Crippen molar-refractivity contribution in [3.05, 3.63) is 76.8 Å². The van der Waals surface area contributed by atoms with Crippen molar-refractivity contribution in [1.82, 2.24) is 35.1 Å². The van der Waals surface area contributed by atoms with Crippen molar-refractivity contribution in [2.45, 2.75) is 64.5 Å². The second-order valence-corrected chi connectivity index (χ2v) is 10.2. The number of allylic oxidation sites excluding steroid dienone is 2. The fourth-order valence-electron chi connectivity index (χ4n) is 5.37. The van der Waals surface area contributed by atoms with Crippen LogP contribution in [0.5, 0.6) is 0 Å². The van der Waals surface area contributed by atoms with Crippen LogP contribution >= 0.6 is 0 Å². The van der Waals surface area contributed by atoms with Gasteiger partial charge in [0.1, 0.15) is 6.04 Å². The van der Waals surface area contributed by atoms with Crippen molar-refractivity contribution in [2.75, 3.05) is 0 Å². The highest BCUT2D eigenvalue weighted by molar-refractivity contribution is 5.89. The van der Waals surface area contributed by atoms with E-state index in [9.17, 15) is 9.59 Å². The van der Waals surface area contributed by atoms with E-state index in [0.29, 0.717) is 24.7 Å². The van der Waals surface area contributed by atoms with E-state index >= 15 is 0 Å². The van der Waals surface area contributed by atoms with Gasteiger partial charge in [0.25, 0.3) is 0 Å². The van der Waals surface area contributed by atoms with Gasteiger partial charge in [-0.1, -0.05) is 57.5 Å². The molecule has 0 bridgehead atoms. The lowest BCUT2D eigenvalue weighted by Crippen LogP contribution is -2.46. The van der Waals surface area contributed by atoms with Crippen LogP contribution in [0, 0.1) is 11.8 Å². The maximum Gasteiger partial charge on any atom is 0.329 e. The first kappa shape index (κ1) is 24.0. The van der Waals surface area contributed by atoms with E-state index in [-0.39, 0.29) is 23.4 Å². The molecule has 2 N–H and O–H groups in total. The first-order valence-corrected chi connectivity index (χ1v) is 12.7. The number of imidazole rings is 1. The largest absolute Gasteiger partial charge is 0.368 e. The Morgan fingerprint density at radius 3 is 2.67 bits per heavy atom. The molecule has 2 atom stereocenters. The van der Waals surface area contributed by atoms with Gasteiger partial charge in [-0.2, -0.15) is 5.21 Å². The van der Waals surface area contributed by atoms with Crippen molar-refractivity contribution >= 4 is 5.78 Å². The number of nitrogens with zero attached hydrogens (tertiary/aromatic N) is 5. The highest BCUT2D eigenvalue weighted by atomic mass is 16.2. The van der Waals surface area contributed by atoms with Crippen molar-refractivity contribution in [3.63, 3.8) is 0 Å². The Kier molecular flexibility index (Phi) is 6.47. The molecule has 0 radical (unpaired) electrons. The number of Topliss-reactive ketones (excluding diaryl/α,β-unsaturated/α-hetero) is 1. The van der Waals surface area contributed by atoms with Crippen LogP contribution in [0.25, 0.3) is 11.4 Å². The zero-order valence-corrected chi connectivity index (χ0v) is 21.0. The summed E-state index contributed by atoms with van der Waals surface area (Å²) in [6, 6.07) is 7.65. The summed E-state index contributed by atoms with van der Waals surface area (Å²) in [4.78, 5) is 26.5. The molecule has 9 heteroatoms. The van der Waals surface area contributed by atoms with E-state index in [1.165, 1.54) is 0 Å². The summed E-state index contributed by atoms with van der Waals surface area (Å²) in [5.74, 6) is 1.21. The molecular weight excluding hydrogens is 454 g/mol. The number of aromatic amines is 1. The number of nitrogens with one attached hydrogen (secondary N) is 2. The van der Waals surface area contributed by atoms with Crippen molar-refractivity contribution in [2.24, 2.45) is 11.8 Å². The molecule has 1 aromatic carbocycles. The molecule has 188 valence electrons. The van der Waals surface area contributed by atoms with E-state index in [0.717, 1.165) is 36.1 Å². The molecule has 1 fully saturated rings. The van der Waals surface area contributed by atoms with E-state index in [1.807, 2.05) is 41.4 Å². The Morgan fingerprint density at radius 1 is 1.19 bits per heavy atom. The number of ketones is 1. The second-order valence-electron chi connectivity index (χ2n) is 10.2. The fraction of sp³-hybridized carbons (Fsp3) is 0.444. The van der Waals surface area contributed by atoms with Crippen LogP contribution in [0.1, 0.15) is 57.3 Å². The van der Waals surface area contributed by atoms with Gasteiger partial charge in [-0.05, 0) is 53.9 Å². The maximum absolute atomic E-state index is 13.9. The number of tetrazole rings is 1. The standard InChI is InChI=1S/C27H33N7O2/c1-4-5-9-21-16-33(24-22(18(2)3)15-23(24)35)26(36)34(21)17-27(10-12-28-13-11-27)20-8-6-7-19(14-20)25-29-31-32-30-25/h6-8,10-14,16,18,22,24,28H,4-5,9,15,17H2,1-3H3,(H,29,30,31,32). The topological polar surface area (TPSA) is 110 Å². The van der Waals surface area contributed by atoms with Crippen LogP contribution in [-0.2, 0) is 23.2 Å². The smallest absolute Gasteiger partial charge is 0.329 e. The van der Waals surface area contributed by atoms with Gasteiger partial charge in [-0.25, -0.2) is 4.79 Å². The Morgan fingerprint density at radius 2 is 2.00 bits per heavy atom. The van der Waals surface area contributed by atoms with Crippen LogP contribution in [0.2, 0.25) is 0 Å². The molecule has 2 unspecified atom stereocenters. The number of dihydropyridines is 1. The van der Waals surface area contributed by atoms with Gasteiger partial charge < -0.3 is 5.32 Å². The van der Waals surface area contributed by atoms with E-state index < -0.39 is 5.41 Å². The average molecular weight is 488 g/mol. The Balaban J connectivity index is 1.58. The van der Waals surface area contributed by atoms with Gasteiger partial charge in [-0.15, -0.1) is 10.2 Å². The summed E-state index contributed by atoms with van der Waals surface area (Å²) >= 11 is 0. The summed E-state index contributed by atoms with van der Waals surface area (Å²) in [6.45, 7) is 6.82. The SMILES string of the molecule is CCCCc1cn(C2C(=O)CC2C(C)C)c(=O)n1CC1(c2cccc(-c3nn[nH]n3)c2)C=CNC=C1. The maximum atomic E-state index is 13.9. The van der Waals surface area contributed by atoms with Crippen molar-refractivity contribution < 1.29 is 4.79 Å². The molecule has 0 saturated heterocycles. The molecule has 1 aliphatic heterocycles. The molecule has 0 amide bonds. The van der Waals surface area contributed by atoms with Crippen LogP contribution in [0.15, 0.2) is 59.8 Å². The minimum atomic E-state index is -0.566. The first-order chi connectivity index (χ1) is 17.4. The zero-order valence-electron chi connectivity index (χ0n) is 21.0. The number of aromatic nitrogens is 6. The summed E-state index contributed by atoms with van der Waals surface area (Å²) in [7, 11) is 0. The minimum absolute atomic E-state index is 0.112. The van der Waals surface area contributed by atoms with Crippen LogP contribution in [0.4, 0.5) is 0 Å². The van der Waals surface area contributed by atoms with Gasteiger partial charge in [-0.3, -0.25) is 13.9 Å². The minimum Gasteiger partial charge on any atom is -0.368 e. The zero-order chi connectivity index (χ0) is 25.3. The highest BCUT2D eigenvalue weighted by Crippen LogP contribution is 2.40. The Hall–Kier alpha value is -3.75. The molecule has 1 aliphatic carbocycles. The molecule has 2 aromatic heterocycles. The molecule has 36 heavy (non-hydrogen) atoms. The summed E-state index contributed by atoms with van der Waals surface area (Å²) in [5, 5.41) is 17.6. The van der Waals surface area contributed by atoms with Crippen LogP contribution in [-0.4, -0.2) is 35.5 Å². The molecule has 3 heterocycles. The molecule has 9 nitrogen and oxygen atoms in total. The summed E-state index contributed by atoms with van der Waals surface area (Å²) in [6.07, 6.45) is 13.2. The normalized spacial score (nSPS) is 20.5. The van der Waals surface area contributed by atoms with Gasteiger partial charge in [0, 0.05) is 30.4 Å². The second kappa shape index (κ2) is 9.72. The number of benzene rings is 1. The quantitative estimate of drug-likeness (QED) is 0.478. The summed E-state index contributed by atoms with van der Waals surface area (Å²) in [5.41, 5.74) is 2.15. The molecule has 2 aliphatic rings. The van der Waals surface area contributed by atoms with E-state index in [2.05, 4.69) is 64.9 Å². The van der Waals surface area contributed by atoms with Crippen LogP contribution < -0.4 is 11.0 Å². The van der Waals surface area contributed by atoms with Gasteiger partial charge in [0.05, 0.1) is 5.41 Å². The predicted molar refractivity (Wildman–Crippen MR) is 137 cm³/mol. The predicted octanol–water partition coefficient (Wildman–Crippen LogP) is 3.53. The van der Waals surface area contributed by atoms with E-state index in [4.69, 9.17) is 0 Å². The number of aryl methyl sites for hydroxylation is 1. The van der Waals surface area contributed by atoms with Crippen molar-refractivity contribution in [3.8, 4) is 11.4 Å². The number of rotatable bonds is 9. The van der Waals surface area contributed by atoms with Crippen LogP contribution in [0.3, 0.4) is 0 Å². The number of carbonyl (C=O) groups excluding carboxylic acids is 1. The third-order valence-corrected chi connectivity index (χ3v) is 7.58. The monoisotopic (exact) mass is 487 g/mol. The Labute approximate surface area is 210 Å². The number of carbonyl (C=O) groups is 1. The lowest BCUT2D eigenvalue weighted by Gasteiger charge is -2.38. The molecule has 5 rings (SSSR count). The number of hydrogen-bond acceptors (Lipinski definition) is 6. The highest BCUT2D eigenvalue weighted by Gasteiger charge is 2.44. The third kappa shape index (κ3) is 4.23. The number of H-pyrrole nitrogens is 1.